The molecule has 0 radical (unpaired) electrons. The molecular weight excluding hydrogens is 154 g/mol. The Hall–Kier alpha value is -2.02. The number of fused-ring (bicyclic) bond motifs is 1. The van der Waals surface area contributed by atoms with E-state index in [2.05, 4.69) is 4.98 Å². The fourth-order valence-corrected chi connectivity index (χ4v) is 1.11. The topological polar surface area (TPSA) is 61.8 Å². The standard InChI is InChI=1S/C8H5N3O/c9-4-6-5-10-8-7(6)2-1-3-11(8)12/h1-3,5,12H. The molecule has 0 saturated carbocycles. The molecule has 0 fully saturated rings. The van der Waals surface area contributed by atoms with Crippen molar-refractivity contribution in [2.45, 2.75) is 0 Å². The van der Waals surface area contributed by atoms with Crippen molar-refractivity contribution in [1.29, 1.82) is 5.26 Å². The molecule has 4 heteroatoms. The number of aromatic nitrogens is 2. The van der Waals surface area contributed by atoms with E-state index >= 15 is 0 Å². The first-order valence-corrected chi connectivity index (χ1v) is 3.38. The van der Waals surface area contributed by atoms with Crippen LogP contribution in [0.15, 0.2) is 24.5 Å². The van der Waals surface area contributed by atoms with Crippen LogP contribution in [0.4, 0.5) is 0 Å². The molecule has 2 aliphatic rings. The zero-order chi connectivity index (χ0) is 8.55. The van der Waals surface area contributed by atoms with Gasteiger partial charge in [-0.15, -0.1) is 0 Å². The summed E-state index contributed by atoms with van der Waals surface area (Å²) in [6.45, 7) is 0. The van der Waals surface area contributed by atoms with E-state index in [0.29, 0.717) is 17.0 Å². The zero-order valence-corrected chi connectivity index (χ0v) is 6.10. The second kappa shape index (κ2) is 2.24. The van der Waals surface area contributed by atoms with Crippen LogP contribution in [0.2, 0.25) is 0 Å². The lowest BCUT2D eigenvalue weighted by atomic mass is 10.2. The molecule has 2 rings (SSSR count). The van der Waals surface area contributed by atoms with E-state index in [9.17, 15) is 5.21 Å². The highest BCUT2D eigenvalue weighted by Gasteiger charge is 2.12. The zero-order valence-electron chi connectivity index (χ0n) is 6.10. The van der Waals surface area contributed by atoms with Gasteiger partial charge in [-0.2, -0.15) is 9.99 Å². The van der Waals surface area contributed by atoms with Gasteiger partial charge in [-0.1, -0.05) is 0 Å². The van der Waals surface area contributed by atoms with Gasteiger partial charge in [0.15, 0.2) is 5.82 Å². The molecule has 0 aliphatic carbocycles. The van der Waals surface area contributed by atoms with Crippen molar-refractivity contribution in [2.75, 3.05) is 0 Å². The molecule has 0 bridgehead atoms. The maximum Gasteiger partial charge on any atom is 0.176 e. The summed E-state index contributed by atoms with van der Waals surface area (Å²) >= 11 is 0. The number of hydrogen-bond donors (Lipinski definition) is 1. The van der Waals surface area contributed by atoms with Crippen LogP contribution in [-0.2, 0) is 0 Å². The highest BCUT2D eigenvalue weighted by Crippen LogP contribution is 2.22. The minimum absolute atomic E-state index is 0.411. The summed E-state index contributed by atoms with van der Waals surface area (Å²) in [6, 6.07) is 5.39. The van der Waals surface area contributed by atoms with Crippen molar-refractivity contribution in [2.24, 2.45) is 0 Å². The van der Waals surface area contributed by atoms with Crippen LogP contribution in [0.3, 0.4) is 0 Å². The smallest absolute Gasteiger partial charge is 0.176 e. The lowest BCUT2D eigenvalue weighted by Gasteiger charge is -2.01. The average Bonchev–Trinajstić information content (AvgIpc) is 2.49. The van der Waals surface area contributed by atoms with Gasteiger partial charge in [-0.25, -0.2) is 4.98 Å². The number of rotatable bonds is 0. The Balaban J connectivity index is 2.78. The van der Waals surface area contributed by atoms with E-state index in [-0.39, 0.29) is 0 Å². The summed E-state index contributed by atoms with van der Waals surface area (Å²) in [5.41, 5.74) is 1.15. The van der Waals surface area contributed by atoms with Crippen LogP contribution in [0.1, 0.15) is 5.56 Å². The van der Waals surface area contributed by atoms with E-state index in [1.54, 1.807) is 12.1 Å². The van der Waals surface area contributed by atoms with Crippen molar-refractivity contribution < 1.29 is 5.21 Å². The third kappa shape index (κ3) is 0.736. The molecule has 2 aliphatic heterocycles. The van der Waals surface area contributed by atoms with Crippen LogP contribution < -0.4 is 0 Å². The summed E-state index contributed by atoms with van der Waals surface area (Å²) in [6.07, 6.45) is 2.91. The molecule has 0 aromatic carbocycles. The average molecular weight is 159 g/mol. The molecule has 0 spiro atoms. The van der Waals surface area contributed by atoms with Crippen molar-refractivity contribution in [3.8, 4) is 17.5 Å². The Morgan fingerprint density at radius 2 is 2.42 bits per heavy atom. The molecule has 58 valence electrons. The van der Waals surface area contributed by atoms with Gasteiger partial charge in [0, 0.05) is 18.0 Å². The molecule has 0 saturated heterocycles. The first kappa shape index (κ1) is 6.68. The minimum atomic E-state index is 0.411. The Morgan fingerprint density at radius 1 is 1.58 bits per heavy atom. The normalized spacial score (nSPS) is 9.92. The second-order valence-electron chi connectivity index (χ2n) is 2.37. The van der Waals surface area contributed by atoms with Gasteiger partial charge >= 0.3 is 0 Å². The third-order valence-corrected chi connectivity index (χ3v) is 1.67. The van der Waals surface area contributed by atoms with Crippen LogP contribution in [0.25, 0.3) is 11.4 Å². The highest BCUT2D eigenvalue weighted by molar-refractivity contribution is 5.66. The van der Waals surface area contributed by atoms with Gasteiger partial charge in [0.05, 0.1) is 5.56 Å². The maximum atomic E-state index is 9.22. The van der Waals surface area contributed by atoms with Gasteiger partial charge in [0.2, 0.25) is 0 Å². The quantitative estimate of drug-likeness (QED) is 0.585. The lowest BCUT2D eigenvalue weighted by Crippen LogP contribution is -1.96. The summed E-state index contributed by atoms with van der Waals surface area (Å²) in [7, 11) is 0. The highest BCUT2D eigenvalue weighted by atomic mass is 16.5. The van der Waals surface area contributed by atoms with E-state index in [0.717, 1.165) is 4.73 Å². The molecule has 0 aromatic rings. The Morgan fingerprint density at radius 3 is 3.17 bits per heavy atom. The van der Waals surface area contributed by atoms with E-state index in [1.807, 2.05) is 6.07 Å². The summed E-state index contributed by atoms with van der Waals surface area (Å²) in [5, 5.41) is 17.9. The van der Waals surface area contributed by atoms with Gasteiger partial charge in [-0.3, -0.25) is 0 Å². The van der Waals surface area contributed by atoms with Gasteiger partial charge < -0.3 is 5.21 Å². The molecule has 0 unspecified atom stereocenters. The van der Waals surface area contributed by atoms with E-state index in [1.165, 1.54) is 12.4 Å². The third-order valence-electron chi connectivity index (χ3n) is 1.67. The van der Waals surface area contributed by atoms with Crippen molar-refractivity contribution in [1.82, 2.24) is 9.71 Å². The number of hydrogen-bond acceptors (Lipinski definition) is 3. The first-order chi connectivity index (χ1) is 5.83. The summed E-state index contributed by atoms with van der Waals surface area (Å²) < 4.78 is 0.899. The van der Waals surface area contributed by atoms with Gasteiger partial charge in [0.25, 0.3) is 0 Å². The SMILES string of the molecule is N#Cc1cnc2n(O)cccc1-2. The van der Waals surface area contributed by atoms with Gasteiger partial charge in [0.1, 0.15) is 6.07 Å². The van der Waals surface area contributed by atoms with Gasteiger partial charge in [-0.05, 0) is 12.1 Å². The molecular formula is C8H5N3O. The fraction of sp³-hybridized carbons (Fsp3) is 0. The minimum Gasteiger partial charge on any atom is -0.427 e. The van der Waals surface area contributed by atoms with Crippen LogP contribution in [0.5, 0.6) is 0 Å². The molecule has 1 N–H and O–H groups in total. The molecule has 0 aromatic heterocycles. The summed E-state index contributed by atoms with van der Waals surface area (Å²) in [4.78, 5) is 3.88. The lowest BCUT2D eigenvalue weighted by molar-refractivity contribution is 0.187. The molecule has 4 nitrogen and oxygen atoms in total. The largest absolute Gasteiger partial charge is 0.427 e. The van der Waals surface area contributed by atoms with E-state index in [4.69, 9.17) is 5.26 Å². The Kier molecular flexibility index (Phi) is 1.25. The Labute approximate surface area is 68.6 Å². The molecule has 2 heterocycles. The maximum absolute atomic E-state index is 9.22. The van der Waals surface area contributed by atoms with Crippen LogP contribution in [-0.4, -0.2) is 14.9 Å². The predicted octanol–water partition coefficient (Wildman–Crippen LogP) is 1.10. The van der Waals surface area contributed by atoms with E-state index < -0.39 is 0 Å². The summed E-state index contributed by atoms with van der Waals surface area (Å²) in [5.74, 6) is 0.411. The molecule has 0 atom stereocenters. The predicted molar refractivity (Wildman–Crippen MR) is 40.7 cm³/mol. The van der Waals surface area contributed by atoms with Crippen molar-refractivity contribution in [3.05, 3.63) is 30.1 Å². The monoisotopic (exact) mass is 159 g/mol. The number of nitrogens with zero attached hydrogens (tertiary/aromatic N) is 3. The van der Waals surface area contributed by atoms with Crippen LogP contribution in [0, 0.1) is 11.3 Å². The molecule has 12 heavy (non-hydrogen) atoms. The fourth-order valence-electron chi connectivity index (χ4n) is 1.11. The van der Waals surface area contributed by atoms with Crippen molar-refractivity contribution in [3.63, 3.8) is 0 Å². The van der Waals surface area contributed by atoms with Crippen molar-refractivity contribution >= 4 is 0 Å². The number of nitriles is 1. The first-order valence-electron chi connectivity index (χ1n) is 3.38. The number of pyridine rings is 1. The second-order valence-corrected chi connectivity index (χ2v) is 2.37. The van der Waals surface area contributed by atoms with Crippen LogP contribution >= 0.6 is 0 Å². The molecule has 0 amide bonds. The Bertz CT molecular complexity index is 427.